The van der Waals surface area contributed by atoms with Crippen molar-refractivity contribution in [3.63, 3.8) is 0 Å². The monoisotopic (exact) mass is 254 g/mol. The van der Waals surface area contributed by atoms with E-state index in [1.165, 1.54) is 39.2 Å². The standard InChI is InChI=1S/C14H26N2O2/c1-15-8-5-9-16(12-6-3-4-7-12)13(11-15)10-14(17)18-2/h12-13H,3-11H2,1-2H3. The summed E-state index contributed by atoms with van der Waals surface area (Å²) in [4.78, 5) is 16.5. The summed E-state index contributed by atoms with van der Waals surface area (Å²) >= 11 is 0. The first-order valence-corrected chi connectivity index (χ1v) is 7.22. The molecule has 2 aliphatic rings. The first-order valence-electron chi connectivity index (χ1n) is 7.22. The van der Waals surface area contributed by atoms with E-state index in [2.05, 4.69) is 16.8 Å². The number of nitrogens with zero attached hydrogens (tertiary/aromatic N) is 2. The maximum absolute atomic E-state index is 11.6. The van der Waals surface area contributed by atoms with Gasteiger partial charge in [-0.3, -0.25) is 9.69 Å². The van der Waals surface area contributed by atoms with Crippen molar-refractivity contribution in [1.82, 2.24) is 9.80 Å². The average molecular weight is 254 g/mol. The molecule has 1 heterocycles. The van der Waals surface area contributed by atoms with E-state index in [0.717, 1.165) is 19.6 Å². The lowest BCUT2D eigenvalue weighted by Crippen LogP contribution is -2.46. The average Bonchev–Trinajstić information content (AvgIpc) is 2.81. The third-order valence-electron chi connectivity index (χ3n) is 4.37. The predicted molar refractivity (Wildman–Crippen MR) is 71.5 cm³/mol. The highest BCUT2D eigenvalue weighted by molar-refractivity contribution is 5.70. The second kappa shape index (κ2) is 6.53. The minimum absolute atomic E-state index is 0.0710. The molecule has 1 atom stereocenters. The number of esters is 1. The summed E-state index contributed by atoms with van der Waals surface area (Å²) in [5.74, 6) is -0.0710. The van der Waals surface area contributed by atoms with Crippen LogP contribution in [0.5, 0.6) is 0 Å². The van der Waals surface area contributed by atoms with Gasteiger partial charge in [0.15, 0.2) is 0 Å². The third-order valence-corrected chi connectivity index (χ3v) is 4.37. The van der Waals surface area contributed by atoms with Crippen molar-refractivity contribution in [2.24, 2.45) is 0 Å². The SMILES string of the molecule is COC(=O)CC1CN(C)CCCN1C1CCCC1. The minimum Gasteiger partial charge on any atom is -0.469 e. The second-order valence-electron chi connectivity index (χ2n) is 5.73. The molecule has 0 radical (unpaired) electrons. The number of methoxy groups -OCH3 is 1. The van der Waals surface area contributed by atoms with E-state index in [1.54, 1.807) is 0 Å². The summed E-state index contributed by atoms with van der Waals surface area (Å²) in [6.45, 7) is 3.27. The number of ether oxygens (including phenoxy) is 1. The summed E-state index contributed by atoms with van der Waals surface area (Å²) in [5, 5.41) is 0. The van der Waals surface area contributed by atoms with Gasteiger partial charge in [0, 0.05) is 25.2 Å². The van der Waals surface area contributed by atoms with Crippen LogP contribution in [0.1, 0.15) is 38.5 Å². The van der Waals surface area contributed by atoms with Crippen LogP contribution in [0.3, 0.4) is 0 Å². The number of likely N-dealkylation sites (N-methyl/N-ethyl adjacent to an activating group) is 1. The van der Waals surface area contributed by atoms with Crippen molar-refractivity contribution < 1.29 is 9.53 Å². The molecule has 4 heteroatoms. The quantitative estimate of drug-likeness (QED) is 0.715. The Morgan fingerprint density at radius 1 is 1.22 bits per heavy atom. The Kier molecular flexibility index (Phi) is 5.01. The first kappa shape index (κ1) is 13.8. The summed E-state index contributed by atoms with van der Waals surface area (Å²) in [6.07, 6.45) is 7.06. The van der Waals surface area contributed by atoms with Crippen LogP contribution >= 0.6 is 0 Å². The van der Waals surface area contributed by atoms with Gasteiger partial charge in [0.05, 0.1) is 13.5 Å². The Morgan fingerprint density at radius 3 is 2.61 bits per heavy atom. The molecule has 1 aliphatic carbocycles. The van der Waals surface area contributed by atoms with Crippen LogP contribution in [0.2, 0.25) is 0 Å². The molecule has 1 unspecified atom stereocenters. The number of hydrogen-bond acceptors (Lipinski definition) is 4. The van der Waals surface area contributed by atoms with Crippen LogP contribution in [0.15, 0.2) is 0 Å². The Hall–Kier alpha value is -0.610. The summed E-state index contributed by atoms with van der Waals surface area (Å²) < 4.78 is 4.86. The zero-order valence-corrected chi connectivity index (χ0v) is 11.7. The van der Waals surface area contributed by atoms with Gasteiger partial charge in [-0.1, -0.05) is 12.8 Å². The van der Waals surface area contributed by atoms with Gasteiger partial charge < -0.3 is 9.64 Å². The van der Waals surface area contributed by atoms with Gasteiger partial charge in [-0.2, -0.15) is 0 Å². The molecule has 0 aromatic carbocycles. The number of hydrogen-bond donors (Lipinski definition) is 0. The van der Waals surface area contributed by atoms with E-state index in [9.17, 15) is 4.79 Å². The van der Waals surface area contributed by atoms with Gasteiger partial charge in [0.1, 0.15) is 0 Å². The molecule has 0 N–H and O–H groups in total. The molecule has 0 bridgehead atoms. The zero-order chi connectivity index (χ0) is 13.0. The zero-order valence-electron chi connectivity index (χ0n) is 11.7. The van der Waals surface area contributed by atoms with E-state index in [0.29, 0.717) is 18.5 Å². The molecule has 0 aromatic heterocycles. The Labute approximate surface area is 110 Å². The van der Waals surface area contributed by atoms with Crippen LogP contribution in [0, 0.1) is 0 Å². The van der Waals surface area contributed by atoms with Crippen LogP contribution in [0.25, 0.3) is 0 Å². The molecule has 2 rings (SSSR count). The normalized spacial score (nSPS) is 28.2. The molecule has 104 valence electrons. The Bertz CT molecular complexity index is 277. The number of carbonyl (C=O) groups excluding carboxylic acids is 1. The van der Waals surface area contributed by atoms with Crippen LogP contribution < -0.4 is 0 Å². The van der Waals surface area contributed by atoms with E-state index in [1.807, 2.05) is 0 Å². The van der Waals surface area contributed by atoms with Crippen molar-refractivity contribution in [3.05, 3.63) is 0 Å². The second-order valence-corrected chi connectivity index (χ2v) is 5.73. The van der Waals surface area contributed by atoms with Gasteiger partial charge in [-0.25, -0.2) is 0 Å². The number of rotatable bonds is 3. The Morgan fingerprint density at radius 2 is 1.94 bits per heavy atom. The minimum atomic E-state index is -0.0710. The fourth-order valence-electron chi connectivity index (χ4n) is 3.44. The summed E-state index contributed by atoms with van der Waals surface area (Å²) in [7, 11) is 3.64. The summed E-state index contributed by atoms with van der Waals surface area (Å²) in [6, 6.07) is 1.04. The van der Waals surface area contributed by atoms with Gasteiger partial charge >= 0.3 is 5.97 Å². The topological polar surface area (TPSA) is 32.8 Å². The molecular weight excluding hydrogens is 228 g/mol. The maximum atomic E-state index is 11.6. The van der Waals surface area contributed by atoms with E-state index in [4.69, 9.17) is 4.74 Å². The molecule has 1 saturated heterocycles. The fraction of sp³-hybridized carbons (Fsp3) is 0.929. The first-order chi connectivity index (χ1) is 8.70. The summed E-state index contributed by atoms with van der Waals surface area (Å²) in [5.41, 5.74) is 0. The highest BCUT2D eigenvalue weighted by atomic mass is 16.5. The molecular formula is C14H26N2O2. The van der Waals surface area contributed by atoms with Crippen LogP contribution in [0.4, 0.5) is 0 Å². The van der Waals surface area contributed by atoms with E-state index < -0.39 is 0 Å². The highest BCUT2D eigenvalue weighted by Crippen LogP contribution is 2.27. The van der Waals surface area contributed by atoms with E-state index in [-0.39, 0.29) is 5.97 Å². The predicted octanol–water partition coefficient (Wildman–Crippen LogP) is 1.50. The van der Waals surface area contributed by atoms with Crippen LogP contribution in [-0.4, -0.2) is 61.6 Å². The van der Waals surface area contributed by atoms with Crippen molar-refractivity contribution in [2.45, 2.75) is 50.6 Å². The van der Waals surface area contributed by atoms with Crippen molar-refractivity contribution in [2.75, 3.05) is 33.8 Å². The third kappa shape index (κ3) is 3.45. The largest absolute Gasteiger partial charge is 0.469 e. The van der Waals surface area contributed by atoms with Crippen molar-refractivity contribution >= 4 is 5.97 Å². The van der Waals surface area contributed by atoms with Gasteiger partial charge in [-0.05, 0) is 32.9 Å². The molecule has 4 nitrogen and oxygen atoms in total. The molecule has 18 heavy (non-hydrogen) atoms. The lowest BCUT2D eigenvalue weighted by molar-refractivity contribution is -0.142. The molecule has 0 amide bonds. The molecule has 2 fully saturated rings. The fourth-order valence-corrected chi connectivity index (χ4v) is 3.44. The van der Waals surface area contributed by atoms with Crippen molar-refractivity contribution in [1.29, 1.82) is 0 Å². The lowest BCUT2D eigenvalue weighted by atomic mass is 10.1. The molecule has 1 aliphatic heterocycles. The van der Waals surface area contributed by atoms with Gasteiger partial charge in [0.25, 0.3) is 0 Å². The molecule has 0 spiro atoms. The molecule has 0 aromatic rings. The Balaban J connectivity index is 2.03. The number of carbonyl (C=O) groups is 1. The van der Waals surface area contributed by atoms with E-state index >= 15 is 0 Å². The maximum Gasteiger partial charge on any atom is 0.307 e. The lowest BCUT2D eigenvalue weighted by Gasteiger charge is -2.35. The van der Waals surface area contributed by atoms with Gasteiger partial charge in [0.2, 0.25) is 0 Å². The smallest absolute Gasteiger partial charge is 0.307 e. The molecule has 1 saturated carbocycles. The highest BCUT2D eigenvalue weighted by Gasteiger charge is 2.32. The van der Waals surface area contributed by atoms with Gasteiger partial charge in [-0.15, -0.1) is 0 Å². The van der Waals surface area contributed by atoms with Crippen LogP contribution in [-0.2, 0) is 9.53 Å². The van der Waals surface area contributed by atoms with Crippen molar-refractivity contribution in [3.8, 4) is 0 Å².